The van der Waals surface area contributed by atoms with Gasteiger partial charge in [0, 0.05) is 22.7 Å². The number of hydrogen-bond donors (Lipinski definition) is 1. The number of pyridine rings is 1. The van der Waals surface area contributed by atoms with E-state index in [2.05, 4.69) is 5.32 Å². The first-order valence-electron chi connectivity index (χ1n) is 9.53. The maximum absolute atomic E-state index is 12.8. The normalized spacial score (nSPS) is 10.6. The summed E-state index contributed by atoms with van der Waals surface area (Å²) < 4.78 is 12.8. The fourth-order valence-electron chi connectivity index (χ4n) is 3.20. The number of aromatic nitrogens is 1. The van der Waals surface area contributed by atoms with Crippen molar-refractivity contribution in [3.05, 3.63) is 94.2 Å². The van der Waals surface area contributed by atoms with E-state index in [0.29, 0.717) is 38.9 Å². The minimum atomic E-state index is -0.282. The molecule has 1 aromatic heterocycles. The van der Waals surface area contributed by atoms with Gasteiger partial charge in [0.15, 0.2) is 11.2 Å². The van der Waals surface area contributed by atoms with E-state index in [1.807, 2.05) is 12.1 Å². The highest BCUT2D eigenvalue weighted by Crippen LogP contribution is 2.32. The lowest BCUT2D eigenvalue weighted by Gasteiger charge is -2.14. The largest absolute Gasteiger partial charge is 0.497 e. The number of benzene rings is 3. The van der Waals surface area contributed by atoms with Crippen molar-refractivity contribution in [1.82, 2.24) is 4.57 Å². The second kappa shape index (κ2) is 8.93. The molecule has 4 aromatic rings. The van der Waals surface area contributed by atoms with E-state index >= 15 is 0 Å². The zero-order valence-electron chi connectivity index (χ0n) is 16.7. The molecule has 4 rings (SSSR count). The van der Waals surface area contributed by atoms with Crippen molar-refractivity contribution in [1.29, 1.82) is 0 Å². The third-order valence-corrected chi connectivity index (χ3v) is 4.94. The van der Waals surface area contributed by atoms with Gasteiger partial charge >= 0.3 is 0 Å². The number of hydrogen-bond acceptors (Lipinski definition) is 4. The van der Waals surface area contributed by atoms with Crippen LogP contribution in [-0.4, -0.2) is 17.6 Å². The van der Waals surface area contributed by atoms with Crippen molar-refractivity contribution in [2.24, 2.45) is 0 Å². The van der Waals surface area contributed by atoms with E-state index in [4.69, 9.17) is 21.1 Å². The SMILES string of the molecule is COc1ccc(Oc2ccc(Cl)cc2NC(=O)Cn2ccc(=O)c3ccccc32)cc1. The lowest BCUT2D eigenvalue weighted by molar-refractivity contribution is -0.116. The van der Waals surface area contributed by atoms with E-state index in [1.54, 1.807) is 72.5 Å². The molecule has 31 heavy (non-hydrogen) atoms. The lowest BCUT2D eigenvalue weighted by atomic mass is 10.2. The fraction of sp³-hybridized carbons (Fsp3) is 0.0833. The Morgan fingerprint density at radius 3 is 2.52 bits per heavy atom. The Balaban J connectivity index is 1.56. The monoisotopic (exact) mass is 434 g/mol. The Labute approximate surface area is 183 Å². The molecule has 0 bridgehead atoms. The molecule has 0 aliphatic rings. The van der Waals surface area contributed by atoms with Crippen LogP contribution in [0.25, 0.3) is 10.9 Å². The Kier molecular flexibility index (Phi) is 5.91. The van der Waals surface area contributed by atoms with E-state index in [-0.39, 0.29) is 17.9 Å². The van der Waals surface area contributed by atoms with Gasteiger partial charge in [0.1, 0.15) is 18.0 Å². The predicted molar refractivity (Wildman–Crippen MR) is 121 cm³/mol. The lowest BCUT2D eigenvalue weighted by Crippen LogP contribution is -2.20. The van der Waals surface area contributed by atoms with Crippen LogP contribution in [0.2, 0.25) is 5.02 Å². The molecule has 0 fully saturated rings. The van der Waals surface area contributed by atoms with Crippen LogP contribution in [0.15, 0.2) is 83.8 Å². The summed E-state index contributed by atoms with van der Waals surface area (Å²) in [6.45, 7) is 0.0231. The maximum atomic E-state index is 12.8. The third-order valence-electron chi connectivity index (χ3n) is 4.70. The van der Waals surface area contributed by atoms with Crippen molar-refractivity contribution in [3.8, 4) is 17.2 Å². The van der Waals surface area contributed by atoms with Gasteiger partial charge in [-0.05, 0) is 54.6 Å². The highest BCUT2D eigenvalue weighted by molar-refractivity contribution is 6.31. The first-order valence-corrected chi connectivity index (χ1v) is 9.91. The molecule has 0 saturated carbocycles. The average Bonchev–Trinajstić information content (AvgIpc) is 2.78. The molecule has 7 heteroatoms. The van der Waals surface area contributed by atoms with E-state index in [9.17, 15) is 9.59 Å². The summed E-state index contributed by atoms with van der Waals surface area (Å²) in [6.07, 6.45) is 1.61. The number of amides is 1. The number of nitrogens with zero attached hydrogens (tertiary/aromatic N) is 1. The van der Waals surface area contributed by atoms with Gasteiger partial charge in [-0.15, -0.1) is 0 Å². The van der Waals surface area contributed by atoms with Gasteiger partial charge < -0.3 is 19.4 Å². The van der Waals surface area contributed by atoms with Gasteiger partial charge in [-0.25, -0.2) is 0 Å². The van der Waals surface area contributed by atoms with E-state index in [1.165, 1.54) is 6.07 Å². The maximum Gasteiger partial charge on any atom is 0.244 e. The number of halogens is 1. The van der Waals surface area contributed by atoms with Gasteiger partial charge in [-0.3, -0.25) is 9.59 Å². The van der Waals surface area contributed by atoms with E-state index < -0.39 is 0 Å². The van der Waals surface area contributed by atoms with Crippen molar-refractivity contribution >= 4 is 34.1 Å². The van der Waals surface area contributed by atoms with Gasteiger partial charge in [0.25, 0.3) is 0 Å². The molecule has 0 atom stereocenters. The number of anilines is 1. The number of methoxy groups -OCH3 is 1. The molecule has 1 heterocycles. The number of carbonyl (C=O) groups excluding carboxylic acids is 1. The second-order valence-electron chi connectivity index (χ2n) is 6.79. The predicted octanol–water partition coefficient (Wildman–Crippen LogP) is 5.09. The number of carbonyl (C=O) groups is 1. The summed E-state index contributed by atoms with van der Waals surface area (Å²) in [5.41, 5.74) is 1.04. The number of fused-ring (bicyclic) bond motifs is 1. The van der Waals surface area contributed by atoms with Gasteiger partial charge in [-0.2, -0.15) is 0 Å². The molecule has 0 spiro atoms. The number of ether oxygens (including phenoxy) is 2. The summed E-state index contributed by atoms with van der Waals surface area (Å²) in [6, 6.07) is 20.7. The van der Waals surface area contributed by atoms with Crippen molar-refractivity contribution < 1.29 is 14.3 Å². The smallest absolute Gasteiger partial charge is 0.244 e. The molecule has 0 unspecified atom stereocenters. The van der Waals surface area contributed by atoms with Gasteiger partial charge in [0.05, 0.1) is 18.3 Å². The van der Waals surface area contributed by atoms with Gasteiger partial charge in [0.2, 0.25) is 5.91 Å². The Hall–Kier alpha value is -3.77. The van der Waals surface area contributed by atoms with Crippen LogP contribution in [0.4, 0.5) is 5.69 Å². The molecule has 0 radical (unpaired) electrons. The van der Waals surface area contributed by atoms with Crippen LogP contribution in [0, 0.1) is 0 Å². The summed E-state index contributed by atoms with van der Waals surface area (Å²) in [5, 5.41) is 3.87. The Morgan fingerprint density at radius 2 is 1.74 bits per heavy atom. The summed E-state index contributed by atoms with van der Waals surface area (Å²) in [7, 11) is 1.59. The zero-order chi connectivity index (χ0) is 21.8. The molecule has 0 aliphatic heterocycles. The molecular formula is C24H19ClN2O4. The van der Waals surface area contributed by atoms with Crippen molar-refractivity contribution in [3.63, 3.8) is 0 Å². The second-order valence-corrected chi connectivity index (χ2v) is 7.23. The molecule has 1 N–H and O–H groups in total. The van der Waals surface area contributed by atoms with Crippen LogP contribution in [0.3, 0.4) is 0 Å². The van der Waals surface area contributed by atoms with E-state index in [0.717, 1.165) is 0 Å². The number of nitrogens with one attached hydrogen (secondary N) is 1. The minimum Gasteiger partial charge on any atom is -0.497 e. The summed E-state index contributed by atoms with van der Waals surface area (Å²) in [5.74, 6) is 1.47. The molecule has 156 valence electrons. The zero-order valence-corrected chi connectivity index (χ0v) is 17.4. The molecule has 0 aliphatic carbocycles. The van der Waals surface area contributed by atoms with Crippen LogP contribution >= 0.6 is 11.6 Å². The van der Waals surface area contributed by atoms with Crippen molar-refractivity contribution in [2.45, 2.75) is 6.54 Å². The molecule has 1 amide bonds. The van der Waals surface area contributed by atoms with Crippen LogP contribution < -0.4 is 20.2 Å². The van der Waals surface area contributed by atoms with Crippen LogP contribution in [0.5, 0.6) is 17.2 Å². The van der Waals surface area contributed by atoms with Crippen molar-refractivity contribution in [2.75, 3.05) is 12.4 Å². The Morgan fingerprint density at radius 1 is 1.00 bits per heavy atom. The van der Waals surface area contributed by atoms with Crippen LogP contribution in [-0.2, 0) is 11.3 Å². The average molecular weight is 435 g/mol. The fourth-order valence-corrected chi connectivity index (χ4v) is 3.37. The summed E-state index contributed by atoms with van der Waals surface area (Å²) in [4.78, 5) is 24.8. The highest BCUT2D eigenvalue weighted by Gasteiger charge is 2.12. The standard InChI is InChI=1S/C24H19ClN2O4/c1-30-17-7-9-18(10-8-17)31-23-11-6-16(25)14-20(23)26-24(29)15-27-13-12-22(28)19-4-2-3-5-21(19)27/h2-14H,15H2,1H3,(H,26,29). The Bertz CT molecular complexity index is 1300. The summed E-state index contributed by atoms with van der Waals surface area (Å²) >= 11 is 6.14. The van der Waals surface area contributed by atoms with Gasteiger partial charge in [-0.1, -0.05) is 23.7 Å². The highest BCUT2D eigenvalue weighted by atomic mass is 35.5. The molecular weight excluding hydrogens is 416 g/mol. The number of para-hydroxylation sites is 1. The quantitative estimate of drug-likeness (QED) is 0.458. The first-order chi connectivity index (χ1) is 15.0. The molecule has 0 saturated heterocycles. The third kappa shape index (κ3) is 4.70. The minimum absolute atomic E-state index is 0.0231. The van der Waals surface area contributed by atoms with Crippen LogP contribution in [0.1, 0.15) is 0 Å². The molecule has 6 nitrogen and oxygen atoms in total. The first kappa shape index (κ1) is 20.5. The topological polar surface area (TPSA) is 69.6 Å². The number of rotatable bonds is 6. The molecule has 3 aromatic carbocycles.